The summed E-state index contributed by atoms with van der Waals surface area (Å²) in [6.45, 7) is 11.5. The minimum Gasteiger partial charge on any atom is -0.462 e. The van der Waals surface area contributed by atoms with Crippen molar-refractivity contribution in [1.29, 1.82) is 0 Å². The van der Waals surface area contributed by atoms with Crippen LogP contribution in [0.5, 0.6) is 0 Å². The molecule has 0 N–H and O–H groups in total. The molecule has 0 aromatic carbocycles. The lowest BCUT2D eigenvalue weighted by Crippen LogP contribution is -2.59. The number of esters is 1. The zero-order valence-electron chi connectivity index (χ0n) is 25.4. The lowest BCUT2D eigenvalue weighted by Gasteiger charge is -2.63. The summed E-state index contributed by atoms with van der Waals surface area (Å²) in [6, 6.07) is 0. The Bertz CT molecular complexity index is 1010. The van der Waals surface area contributed by atoms with Gasteiger partial charge in [-0.2, -0.15) is 8.42 Å². The highest BCUT2D eigenvalue weighted by atomic mass is 32.2. The highest BCUT2D eigenvalue weighted by molar-refractivity contribution is 7.86. The van der Waals surface area contributed by atoms with Gasteiger partial charge in [0.2, 0.25) is 5.91 Å². The predicted molar refractivity (Wildman–Crippen MR) is 152 cm³/mol. The third kappa shape index (κ3) is 6.07. The second-order valence-corrected chi connectivity index (χ2v) is 16.1. The molecular weight excluding hydrogens is 514 g/mol. The molecule has 0 aliphatic heterocycles. The van der Waals surface area contributed by atoms with E-state index < -0.39 is 10.1 Å². The smallest absolute Gasteiger partial charge is 0.302 e. The SMILES string of the molecule is COS(=O)(=O)CCN(C)C(=O)CC[C@@H](C)[C@H]1CC[C@H]2[C@@H]3[C@H](OC(C)=O)C[C@@H]4C[C@H](C)CC[C@]4(C)[C@H]3CC[C@]12C. The van der Waals surface area contributed by atoms with E-state index in [1.807, 2.05) is 0 Å². The van der Waals surface area contributed by atoms with Crippen LogP contribution < -0.4 is 0 Å². The molecule has 0 unspecified atom stereocenters. The van der Waals surface area contributed by atoms with Crippen molar-refractivity contribution in [3.05, 3.63) is 0 Å². The zero-order valence-corrected chi connectivity index (χ0v) is 26.2. The maximum atomic E-state index is 12.8. The van der Waals surface area contributed by atoms with Crippen LogP contribution in [0.15, 0.2) is 0 Å². The molecule has 0 spiro atoms. The van der Waals surface area contributed by atoms with Crippen LogP contribution in [0, 0.1) is 52.3 Å². The number of carbonyl (C=O) groups is 2. The van der Waals surface area contributed by atoms with Gasteiger partial charge in [-0.05, 0) is 97.7 Å². The van der Waals surface area contributed by atoms with Crippen molar-refractivity contribution >= 4 is 22.0 Å². The van der Waals surface area contributed by atoms with Gasteiger partial charge >= 0.3 is 5.97 Å². The number of carbonyl (C=O) groups excluding carboxylic acids is 2. The van der Waals surface area contributed by atoms with E-state index in [-0.39, 0.29) is 35.7 Å². The van der Waals surface area contributed by atoms with E-state index in [0.29, 0.717) is 47.3 Å². The number of hydrogen-bond acceptors (Lipinski definition) is 6. The summed E-state index contributed by atoms with van der Waals surface area (Å²) in [6.07, 6.45) is 11.0. The lowest BCUT2D eigenvalue weighted by molar-refractivity contribution is -0.191. The molecule has 0 saturated heterocycles. The van der Waals surface area contributed by atoms with E-state index in [2.05, 4.69) is 31.9 Å². The number of amides is 1. The van der Waals surface area contributed by atoms with Crippen LogP contribution in [0.3, 0.4) is 0 Å². The summed E-state index contributed by atoms with van der Waals surface area (Å²) in [5, 5.41) is 0. The normalized spacial score (nSPS) is 40.6. The van der Waals surface area contributed by atoms with Gasteiger partial charge in [0.25, 0.3) is 10.1 Å². The maximum Gasteiger partial charge on any atom is 0.302 e. The summed E-state index contributed by atoms with van der Waals surface area (Å²) in [4.78, 5) is 26.6. The molecule has 0 bridgehead atoms. The fourth-order valence-corrected chi connectivity index (χ4v) is 10.6. The molecule has 224 valence electrons. The largest absolute Gasteiger partial charge is 0.462 e. The van der Waals surface area contributed by atoms with Gasteiger partial charge in [0.05, 0.1) is 12.9 Å². The van der Waals surface area contributed by atoms with Crippen LogP contribution in [-0.2, 0) is 28.6 Å². The van der Waals surface area contributed by atoms with Crippen molar-refractivity contribution in [2.75, 3.05) is 26.5 Å². The molecule has 1 amide bonds. The summed E-state index contributed by atoms with van der Waals surface area (Å²) in [7, 11) is -0.754. The first-order valence-corrected chi connectivity index (χ1v) is 17.0. The summed E-state index contributed by atoms with van der Waals surface area (Å²) in [5.74, 6) is 3.65. The average Bonchev–Trinajstić information content (AvgIpc) is 3.23. The number of nitrogens with zero attached hydrogens (tertiary/aromatic N) is 1. The van der Waals surface area contributed by atoms with Crippen LogP contribution >= 0.6 is 0 Å². The van der Waals surface area contributed by atoms with E-state index in [1.165, 1.54) is 49.8 Å². The molecule has 10 atom stereocenters. The quantitative estimate of drug-likeness (QED) is 0.263. The molecule has 4 aliphatic carbocycles. The van der Waals surface area contributed by atoms with Gasteiger partial charge in [-0.3, -0.25) is 13.8 Å². The first-order valence-electron chi connectivity index (χ1n) is 15.4. The maximum absolute atomic E-state index is 12.8. The Morgan fingerprint density at radius 1 is 1.03 bits per heavy atom. The third-order valence-electron chi connectivity index (χ3n) is 12.2. The van der Waals surface area contributed by atoms with Gasteiger partial charge in [-0.25, -0.2) is 0 Å². The van der Waals surface area contributed by atoms with Crippen LogP contribution in [-0.4, -0.2) is 57.8 Å². The number of fused-ring (bicyclic) bond motifs is 5. The molecule has 8 heteroatoms. The highest BCUT2D eigenvalue weighted by Crippen LogP contribution is 2.69. The molecule has 0 aromatic heterocycles. The van der Waals surface area contributed by atoms with Gasteiger partial charge in [-0.15, -0.1) is 0 Å². The number of rotatable bonds is 9. The first kappa shape index (κ1) is 30.8. The Morgan fingerprint density at radius 3 is 2.36 bits per heavy atom. The van der Waals surface area contributed by atoms with Gasteiger partial charge < -0.3 is 9.64 Å². The summed E-state index contributed by atoms with van der Waals surface area (Å²) < 4.78 is 34.0. The fraction of sp³-hybridized carbons (Fsp3) is 0.935. The number of hydrogen-bond donors (Lipinski definition) is 0. The summed E-state index contributed by atoms with van der Waals surface area (Å²) >= 11 is 0. The van der Waals surface area contributed by atoms with Crippen molar-refractivity contribution in [3.63, 3.8) is 0 Å². The molecule has 0 radical (unpaired) electrons. The minimum absolute atomic E-state index is 0.00995. The molecule has 4 rings (SSSR count). The van der Waals surface area contributed by atoms with Gasteiger partial charge in [0.1, 0.15) is 6.10 Å². The molecule has 4 fully saturated rings. The Morgan fingerprint density at radius 2 is 1.69 bits per heavy atom. The molecule has 39 heavy (non-hydrogen) atoms. The van der Waals surface area contributed by atoms with E-state index in [9.17, 15) is 18.0 Å². The van der Waals surface area contributed by atoms with Gasteiger partial charge in [0, 0.05) is 32.9 Å². The van der Waals surface area contributed by atoms with Crippen molar-refractivity contribution in [2.24, 2.45) is 52.3 Å². The van der Waals surface area contributed by atoms with E-state index >= 15 is 0 Å². The van der Waals surface area contributed by atoms with Gasteiger partial charge in [0.15, 0.2) is 0 Å². The minimum atomic E-state index is -3.58. The molecular formula is C31H53NO6S. The fourth-order valence-electron chi connectivity index (χ4n) is 9.92. The topological polar surface area (TPSA) is 90.0 Å². The third-order valence-corrected chi connectivity index (χ3v) is 13.4. The lowest BCUT2D eigenvalue weighted by atomic mass is 9.43. The van der Waals surface area contributed by atoms with Crippen LogP contribution in [0.4, 0.5) is 0 Å². The Balaban J connectivity index is 1.45. The zero-order chi connectivity index (χ0) is 28.8. The number of ether oxygens (including phenoxy) is 1. The monoisotopic (exact) mass is 567 g/mol. The van der Waals surface area contributed by atoms with E-state index in [1.54, 1.807) is 14.0 Å². The average molecular weight is 568 g/mol. The summed E-state index contributed by atoms with van der Waals surface area (Å²) in [5.41, 5.74) is 0.553. The van der Waals surface area contributed by atoms with Crippen LogP contribution in [0.25, 0.3) is 0 Å². The van der Waals surface area contributed by atoms with E-state index in [0.717, 1.165) is 25.9 Å². The van der Waals surface area contributed by atoms with Crippen LogP contribution in [0.1, 0.15) is 98.8 Å². The second kappa shape index (κ2) is 11.6. The van der Waals surface area contributed by atoms with Crippen molar-refractivity contribution in [3.8, 4) is 0 Å². The Kier molecular flexibility index (Phi) is 9.17. The Hall–Kier alpha value is -1.15. The van der Waals surface area contributed by atoms with Gasteiger partial charge in [-0.1, -0.05) is 34.1 Å². The van der Waals surface area contributed by atoms with Crippen molar-refractivity contribution in [2.45, 2.75) is 105 Å². The van der Waals surface area contributed by atoms with Crippen LogP contribution in [0.2, 0.25) is 0 Å². The molecule has 0 heterocycles. The first-order chi connectivity index (χ1) is 18.2. The second-order valence-electron chi connectivity index (χ2n) is 14.2. The molecule has 4 aliphatic rings. The van der Waals surface area contributed by atoms with E-state index in [4.69, 9.17) is 4.74 Å². The highest BCUT2D eigenvalue weighted by Gasteiger charge is 2.63. The Labute approximate surface area is 237 Å². The van der Waals surface area contributed by atoms with Crippen molar-refractivity contribution < 1.29 is 26.9 Å². The standard InChI is InChI=1S/C31H53NO6S/c1-20-12-14-30(4)23(18-20)19-27(38-22(3)33)29-25-10-9-24(31(25,5)15-13-26(29)30)21(2)8-11-28(34)32(6)16-17-39(35,36)37-7/h20-21,23-27,29H,8-19H2,1-7H3/t20-,21-,23+,24-,25+,26+,27-,29+,30+,31-/m1/s1. The van der Waals surface area contributed by atoms with Crippen molar-refractivity contribution in [1.82, 2.24) is 4.90 Å². The molecule has 0 aromatic rings. The predicted octanol–water partition coefficient (Wildman–Crippen LogP) is 5.67. The molecule has 4 saturated carbocycles. The molecule has 7 nitrogen and oxygen atoms in total.